The SMILES string of the molecule is c1ccc2c(c1)Oc1cc(-c3c4ccccc4c(-n4c5ccccc5c5ccccc54)c4ccccc34)cc3c1B2c1ccccc1O3. The first kappa shape index (κ1) is 25.9. The van der Waals surface area contributed by atoms with E-state index in [9.17, 15) is 0 Å². The molecule has 3 nitrogen and oxygen atoms in total. The van der Waals surface area contributed by atoms with Crippen molar-refractivity contribution < 1.29 is 9.47 Å². The second-order valence-corrected chi connectivity index (χ2v) is 12.8. The summed E-state index contributed by atoms with van der Waals surface area (Å²) >= 11 is 0. The Balaban J connectivity index is 1.24. The Morgan fingerprint density at radius 3 is 1.33 bits per heavy atom. The van der Waals surface area contributed by atoms with E-state index in [1.165, 1.54) is 65.5 Å². The molecule has 9 aromatic rings. The van der Waals surface area contributed by atoms with Crippen LogP contribution in [0, 0.1) is 0 Å². The molecule has 0 fully saturated rings. The zero-order valence-corrected chi connectivity index (χ0v) is 25.9. The maximum atomic E-state index is 6.72. The molecule has 8 aromatic carbocycles. The second-order valence-electron chi connectivity index (χ2n) is 12.8. The van der Waals surface area contributed by atoms with E-state index in [0.717, 1.165) is 34.0 Å². The molecule has 11 rings (SSSR count). The molecule has 0 unspecified atom stereocenters. The summed E-state index contributed by atoms with van der Waals surface area (Å²) in [6, 6.07) is 56.4. The van der Waals surface area contributed by atoms with Crippen molar-refractivity contribution in [3.05, 3.63) is 158 Å². The van der Waals surface area contributed by atoms with Gasteiger partial charge in [0, 0.05) is 27.0 Å². The molecule has 0 saturated carbocycles. The second kappa shape index (κ2) is 9.63. The predicted molar refractivity (Wildman–Crippen MR) is 199 cm³/mol. The molecule has 0 aliphatic carbocycles. The number of ether oxygens (including phenoxy) is 2. The Hall–Kier alpha value is -6.26. The lowest BCUT2D eigenvalue weighted by atomic mass is 9.35. The third-order valence-corrected chi connectivity index (χ3v) is 10.3. The van der Waals surface area contributed by atoms with Gasteiger partial charge in [-0.2, -0.15) is 0 Å². The van der Waals surface area contributed by atoms with E-state index >= 15 is 0 Å². The van der Waals surface area contributed by atoms with Crippen molar-refractivity contribution in [2.24, 2.45) is 0 Å². The number of nitrogens with zero attached hydrogens (tertiary/aromatic N) is 1. The highest BCUT2D eigenvalue weighted by Gasteiger charge is 2.40. The van der Waals surface area contributed by atoms with E-state index in [0.29, 0.717) is 0 Å². The van der Waals surface area contributed by atoms with Gasteiger partial charge in [-0.3, -0.25) is 0 Å². The summed E-state index contributed by atoms with van der Waals surface area (Å²) in [4.78, 5) is 0. The average molecular weight is 612 g/mol. The van der Waals surface area contributed by atoms with Crippen LogP contribution in [0.4, 0.5) is 0 Å². The number of fused-ring (bicyclic) bond motifs is 9. The summed E-state index contributed by atoms with van der Waals surface area (Å²) in [6.07, 6.45) is 0. The number of hydrogen-bond donors (Lipinski definition) is 0. The summed E-state index contributed by atoms with van der Waals surface area (Å²) in [7, 11) is 0. The number of aromatic nitrogens is 1. The molecule has 0 N–H and O–H groups in total. The van der Waals surface area contributed by atoms with Gasteiger partial charge in [0.1, 0.15) is 23.0 Å². The molecule has 0 spiro atoms. The van der Waals surface area contributed by atoms with Crippen molar-refractivity contribution in [1.82, 2.24) is 4.57 Å². The van der Waals surface area contributed by atoms with Gasteiger partial charge in [0.2, 0.25) is 0 Å². The van der Waals surface area contributed by atoms with Crippen LogP contribution >= 0.6 is 0 Å². The molecule has 0 saturated heterocycles. The fourth-order valence-electron chi connectivity index (χ4n) is 8.36. The highest BCUT2D eigenvalue weighted by molar-refractivity contribution is 6.98. The highest BCUT2D eigenvalue weighted by atomic mass is 16.5. The number of para-hydroxylation sites is 4. The lowest BCUT2D eigenvalue weighted by Gasteiger charge is -2.33. The Kier molecular flexibility index (Phi) is 5.19. The van der Waals surface area contributed by atoms with Gasteiger partial charge in [0.25, 0.3) is 6.71 Å². The maximum absolute atomic E-state index is 6.72. The third-order valence-electron chi connectivity index (χ3n) is 10.3. The van der Waals surface area contributed by atoms with Gasteiger partial charge < -0.3 is 14.0 Å². The van der Waals surface area contributed by atoms with Gasteiger partial charge in [-0.05, 0) is 69.2 Å². The molecule has 0 bridgehead atoms. The molecule has 0 radical (unpaired) electrons. The molecule has 4 heteroatoms. The topological polar surface area (TPSA) is 23.4 Å². The van der Waals surface area contributed by atoms with Gasteiger partial charge >= 0.3 is 0 Å². The average Bonchev–Trinajstić information content (AvgIpc) is 3.47. The molecule has 222 valence electrons. The van der Waals surface area contributed by atoms with Crippen LogP contribution in [0.15, 0.2) is 158 Å². The summed E-state index contributed by atoms with van der Waals surface area (Å²) < 4.78 is 15.9. The summed E-state index contributed by atoms with van der Waals surface area (Å²) in [5.74, 6) is 3.48. The van der Waals surface area contributed by atoms with E-state index in [1.807, 2.05) is 12.1 Å². The van der Waals surface area contributed by atoms with E-state index in [2.05, 4.69) is 150 Å². The first-order valence-electron chi connectivity index (χ1n) is 16.5. The van der Waals surface area contributed by atoms with Crippen LogP contribution < -0.4 is 25.9 Å². The summed E-state index contributed by atoms with van der Waals surface area (Å²) in [6.45, 7) is 0.0464. The first-order valence-corrected chi connectivity index (χ1v) is 16.5. The maximum Gasteiger partial charge on any atom is 0.260 e. The molecular formula is C44H26BNO2. The van der Waals surface area contributed by atoms with Crippen molar-refractivity contribution in [1.29, 1.82) is 0 Å². The van der Waals surface area contributed by atoms with Crippen molar-refractivity contribution in [2.45, 2.75) is 0 Å². The van der Waals surface area contributed by atoms with E-state index in [4.69, 9.17) is 9.47 Å². The van der Waals surface area contributed by atoms with E-state index in [1.54, 1.807) is 0 Å². The standard InChI is InChI=1S/C44H26BNO2/c1-3-17-32-30(15-1)42(31-16-2-4-18-33(31)44(32)46-36-21-9-5-13-28(36)29-14-6-10-22-37(29)46)27-25-40-43-41(26-27)48-39-24-12-8-20-35(39)45(43)34-19-7-11-23-38(34)47-40/h1-26H. The van der Waals surface area contributed by atoms with Crippen LogP contribution in [0.1, 0.15) is 0 Å². The van der Waals surface area contributed by atoms with Crippen molar-refractivity contribution in [3.63, 3.8) is 0 Å². The number of hydrogen-bond acceptors (Lipinski definition) is 2. The summed E-state index contributed by atoms with van der Waals surface area (Å²) in [5, 5.41) is 7.26. The quantitative estimate of drug-likeness (QED) is 0.144. The highest BCUT2D eigenvalue weighted by Crippen LogP contribution is 2.46. The van der Waals surface area contributed by atoms with Crippen LogP contribution in [-0.4, -0.2) is 11.3 Å². The molecule has 0 amide bonds. The van der Waals surface area contributed by atoms with Gasteiger partial charge in [-0.1, -0.05) is 121 Å². The molecule has 48 heavy (non-hydrogen) atoms. The predicted octanol–water partition coefficient (Wildman–Crippen LogP) is 9.48. The minimum Gasteiger partial charge on any atom is -0.458 e. The van der Waals surface area contributed by atoms with Gasteiger partial charge in [-0.15, -0.1) is 0 Å². The lowest BCUT2D eigenvalue weighted by molar-refractivity contribution is 0.465. The minimum atomic E-state index is 0.0464. The van der Waals surface area contributed by atoms with Gasteiger partial charge in [-0.25, -0.2) is 0 Å². The minimum absolute atomic E-state index is 0.0464. The van der Waals surface area contributed by atoms with Crippen LogP contribution in [0.5, 0.6) is 23.0 Å². The van der Waals surface area contributed by atoms with Gasteiger partial charge in [0.05, 0.1) is 16.7 Å². The van der Waals surface area contributed by atoms with Crippen molar-refractivity contribution >= 4 is 66.5 Å². The van der Waals surface area contributed by atoms with Crippen molar-refractivity contribution in [3.8, 4) is 39.8 Å². The monoisotopic (exact) mass is 611 g/mol. The van der Waals surface area contributed by atoms with Gasteiger partial charge in [0.15, 0.2) is 0 Å². The normalized spacial score (nSPS) is 12.9. The fraction of sp³-hybridized carbons (Fsp3) is 0. The number of rotatable bonds is 2. The lowest BCUT2D eigenvalue weighted by Crippen LogP contribution is -2.57. The first-order chi connectivity index (χ1) is 23.8. The molecule has 1 aromatic heterocycles. The number of benzene rings is 8. The van der Waals surface area contributed by atoms with E-state index < -0.39 is 0 Å². The van der Waals surface area contributed by atoms with Crippen LogP contribution in [0.3, 0.4) is 0 Å². The zero-order valence-electron chi connectivity index (χ0n) is 25.9. The smallest absolute Gasteiger partial charge is 0.260 e. The summed E-state index contributed by atoms with van der Waals surface area (Å²) in [5.41, 5.74) is 9.26. The Labute approximate surface area is 277 Å². The van der Waals surface area contributed by atoms with Crippen LogP contribution in [-0.2, 0) is 0 Å². The van der Waals surface area contributed by atoms with Crippen molar-refractivity contribution in [2.75, 3.05) is 0 Å². The van der Waals surface area contributed by atoms with Crippen LogP contribution in [0.2, 0.25) is 0 Å². The molecule has 3 heterocycles. The largest absolute Gasteiger partial charge is 0.458 e. The molecule has 0 atom stereocenters. The zero-order chi connectivity index (χ0) is 31.3. The van der Waals surface area contributed by atoms with E-state index in [-0.39, 0.29) is 6.71 Å². The Bertz CT molecular complexity index is 2630. The molecular weight excluding hydrogens is 585 g/mol. The Morgan fingerprint density at radius 1 is 0.396 bits per heavy atom. The Morgan fingerprint density at radius 2 is 0.812 bits per heavy atom. The third kappa shape index (κ3) is 3.44. The fourth-order valence-corrected chi connectivity index (χ4v) is 8.36. The molecule has 2 aliphatic heterocycles. The van der Waals surface area contributed by atoms with Crippen LogP contribution in [0.25, 0.3) is 60.2 Å². The molecule has 2 aliphatic rings.